The molecule has 130 valence electrons. The van der Waals surface area contributed by atoms with Gasteiger partial charge in [0.05, 0.1) is 15.5 Å². The maximum atomic E-state index is 12.3. The first-order valence-electron chi connectivity index (χ1n) is 7.47. The number of ether oxygens (including phenoxy) is 1. The third-order valence-corrected chi connectivity index (χ3v) is 4.11. The fourth-order valence-electron chi connectivity index (χ4n) is 2.36. The van der Waals surface area contributed by atoms with Crippen molar-refractivity contribution in [3.8, 4) is 16.9 Å². The minimum absolute atomic E-state index is 0.0775. The molecule has 0 heterocycles. The summed E-state index contributed by atoms with van der Waals surface area (Å²) in [7, 11) is 0. The van der Waals surface area contributed by atoms with E-state index in [1.54, 1.807) is 24.3 Å². The van der Waals surface area contributed by atoms with E-state index in [-0.39, 0.29) is 21.4 Å². The van der Waals surface area contributed by atoms with Crippen molar-refractivity contribution in [3.63, 3.8) is 0 Å². The zero-order valence-electron chi connectivity index (χ0n) is 13.2. The van der Waals surface area contributed by atoms with Crippen molar-refractivity contribution in [1.29, 1.82) is 0 Å². The minimum atomic E-state index is -0.753. The number of rotatable bonds is 4. The number of nitro groups is 1. The molecule has 3 rings (SSSR count). The number of benzene rings is 3. The first kappa shape index (κ1) is 17.9. The van der Waals surface area contributed by atoms with E-state index in [1.807, 2.05) is 30.3 Å². The van der Waals surface area contributed by atoms with Crippen LogP contribution in [-0.2, 0) is 0 Å². The Morgan fingerprint density at radius 3 is 2.15 bits per heavy atom. The molecule has 0 aliphatic carbocycles. The highest BCUT2D eigenvalue weighted by Gasteiger charge is 2.23. The summed E-state index contributed by atoms with van der Waals surface area (Å²) in [5.74, 6) is -1.09. The maximum absolute atomic E-state index is 12.3. The summed E-state index contributed by atoms with van der Waals surface area (Å²) in [6.45, 7) is 0. The molecule has 26 heavy (non-hydrogen) atoms. The Bertz CT molecular complexity index is 973. The number of nitro benzene ring substituents is 1. The van der Waals surface area contributed by atoms with Crippen molar-refractivity contribution >= 4 is 34.9 Å². The van der Waals surface area contributed by atoms with Crippen LogP contribution in [0.25, 0.3) is 11.1 Å². The lowest BCUT2D eigenvalue weighted by Crippen LogP contribution is -2.10. The van der Waals surface area contributed by atoms with Gasteiger partial charge in [0, 0.05) is 11.1 Å². The van der Waals surface area contributed by atoms with Crippen LogP contribution in [-0.4, -0.2) is 10.9 Å². The summed E-state index contributed by atoms with van der Waals surface area (Å²) < 4.78 is 5.15. The summed E-state index contributed by atoms with van der Waals surface area (Å²) in [6, 6.07) is 18.7. The van der Waals surface area contributed by atoms with E-state index in [9.17, 15) is 14.9 Å². The SMILES string of the molecule is O=C(Oc1c(Cl)cc(Cl)cc1[N+](=O)[O-])c1ccc(-c2ccccc2)cc1. The molecule has 0 aliphatic heterocycles. The van der Waals surface area contributed by atoms with Gasteiger partial charge in [0.15, 0.2) is 0 Å². The predicted octanol–water partition coefficient (Wildman–Crippen LogP) is 5.79. The highest BCUT2D eigenvalue weighted by Crippen LogP contribution is 2.38. The number of carbonyl (C=O) groups is 1. The molecule has 0 N–H and O–H groups in total. The fourth-order valence-corrected chi connectivity index (χ4v) is 2.89. The lowest BCUT2D eigenvalue weighted by molar-refractivity contribution is -0.385. The van der Waals surface area contributed by atoms with Crippen molar-refractivity contribution in [3.05, 3.63) is 92.5 Å². The van der Waals surface area contributed by atoms with Crippen LogP contribution in [0.5, 0.6) is 5.75 Å². The number of esters is 1. The zero-order valence-corrected chi connectivity index (χ0v) is 14.7. The Hall–Kier alpha value is -2.89. The molecular formula is C19H11Cl2NO4. The third kappa shape index (κ3) is 3.85. The Balaban J connectivity index is 1.86. The molecule has 0 radical (unpaired) electrons. The smallest absolute Gasteiger partial charge is 0.343 e. The van der Waals surface area contributed by atoms with Crippen LogP contribution in [0.2, 0.25) is 10.0 Å². The van der Waals surface area contributed by atoms with E-state index in [4.69, 9.17) is 27.9 Å². The molecule has 5 nitrogen and oxygen atoms in total. The minimum Gasteiger partial charge on any atom is -0.414 e. The molecule has 0 aliphatic rings. The molecule has 0 bridgehead atoms. The molecule has 7 heteroatoms. The van der Waals surface area contributed by atoms with Gasteiger partial charge in [-0.2, -0.15) is 0 Å². The van der Waals surface area contributed by atoms with Crippen molar-refractivity contribution in [1.82, 2.24) is 0 Å². The van der Waals surface area contributed by atoms with Crippen LogP contribution in [0.15, 0.2) is 66.7 Å². The monoisotopic (exact) mass is 387 g/mol. The molecule has 0 saturated carbocycles. The van der Waals surface area contributed by atoms with Gasteiger partial charge in [-0.3, -0.25) is 10.1 Å². The van der Waals surface area contributed by atoms with Crippen LogP contribution in [0, 0.1) is 10.1 Å². The van der Waals surface area contributed by atoms with Gasteiger partial charge in [-0.05, 0) is 29.3 Å². The lowest BCUT2D eigenvalue weighted by atomic mass is 10.0. The van der Waals surface area contributed by atoms with Crippen LogP contribution in [0.3, 0.4) is 0 Å². The number of halogens is 2. The summed E-state index contributed by atoms with van der Waals surface area (Å²) in [5, 5.41) is 11.1. The molecule has 0 saturated heterocycles. The third-order valence-electron chi connectivity index (χ3n) is 3.61. The molecule has 0 atom stereocenters. The van der Waals surface area contributed by atoms with Crippen molar-refractivity contribution in [2.24, 2.45) is 0 Å². The maximum Gasteiger partial charge on any atom is 0.343 e. The average molecular weight is 388 g/mol. The molecule has 0 aromatic heterocycles. The Morgan fingerprint density at radius 1 is 0.923 bits per heavy atom. The molecule has 3 aromatic carbocycles. The topological polar surface area (TPSA) is 69.4 Å². The summed E-state index contributed by atoms with van der Waals surface area (Å²) in [6.07, 6.45) is 0. The molecule has 0 fully saturated rings. The second-order valence-corrected chi connectivity index (χ2v) is 6.17. The Labute approximate surface area is 158 Å². The van der Waals surface area contributed by atoms with E-state index in [0.29, 0.717) is 0 Å². The van der Waals surface area contributed by atoms with Gasteiger partial charge in [0.2, 0.25) is 5.75 Å². The van der Waals surface area contributed by atoms with Gasteiger partial charge in [0.1, 0.15) is 0 Å². The predicted molar refractivity (Wildman–Crippen MR) is 100.0 cm³/mol. The number of hydrogen-bond donors (Lipinski definition) is 0. The second kappa shape index (κ2) is 7.56. The van der Waals surface area contributed by atoms with Gasteiger partial charge >= 0.3 is 11.7 Å². The van der Waals surface area contributed by atoms with E-state index in [0.717, 1.165) is 17.2 Å². The van der Waals surface area contributed by atoms with E-state index in [2.05, 4.69) is 0 Å². The van der Waals surface area contributed by atoms with Gasteiger partial charge in [0.25, 0.3) is 0 Å². The van der Waals surface area contributed by atoms with Crippen molar-refractivity contribution in [2.45, 2.75) is 0 Å². The summed E-state index contributed by atoms with van der Waals surface area (Å²) >= 11 is 11.7. The lowest BCUT2D eigenvalue weighted by Gasteiger charge is -2.08. The number of carbonyl (C=O) groups excluding carboxylic acids is 1. The van der Waals surface area contributed by atoms with Gasteiger partial charge in [-0.1, -0.05) is 65.7 Å². The molecule has 3 aromatic rings. The van der Waals surface area contributed by atoms with Crippen LogP contribution in [0.4, 0.5) is 5.69 Å². The van der Waals surface area contributed by atoms with E-state index in [1.165, 1.54) is 6.07 Å². The van der Waals surface area contributed by atoms with Gasteiger partial charge in [-0.25, -0.2) is 4.79 Å². The van der Waals surface area contributed by atoms with Crippen LogP contribution >= 0.6 is 23.2 Å². The quantitative estimate of drug-likeness (QED) is 0.246. The molecule has 0 spiro atoms. The first-order valence-corrected chi connectivity index (χ1v) is 8.22. The average Bonchev–Trinajstić information content (AvgIpc) is 2.64. The largest absolute Gasteiger partial charge is 0.414 e. The second-order valence-electron chi connectivity index (χ2n) is 5.33. The molecule has 0 amide bonds. The number of nitrogens with zero attached hydrogens (tertiary/aromatic N) is 1. The zero-order chi connectivity index (χ0) is 18.7. The normalized spacial score (nSPS) is 10.4. The van der Waals surface area contributed by atoms with Crippen LogP contribution in [0.1, 0.15) is 10.4 Å². The van der Waals surface area contributed by atoms with E-state index < -0.39 is 16.6 Å². The molecular weight excluding hydrogens is 377 g/mol. The van der Waals surface area contributed by atoms with Crippen molar-refractivity contribution < 1.29 is 14.5 Å². The number of hydrogen-bond acceptors (Lipinski definition) is 4. The first-order chi connectivity index (χ1) is 12.5. The Morgan fingerprint density at radius 2 is 1.54 bits per heavy atom. The molecule has 0 unspecified atom stereocenters. The van der Waals surface area contributed by atoms with E-state index >= 15 is 0 Å². The summed E-state index contributed by atoms with van der Waals surface area (Å²) in [4.78, 5) is 22.8. The highest BCUT2D eigenvalue weighted by molar-refractivity contribution is 6.36. The standard InChI is InChI=1S/C19H11Cl2NO4/c20-15-10-16(21)18(17(11-15)22(24)25)26-19(23)14-8-6-13(7-9-14)12-4-2-1-3-5-12/h1-11H. The van der Waals surface area contributed by atoms with Crippen molar-refractivity contribution in [2.75, 3.05) is 0 Å². The van der Waals surface area contributed by atoms with Gasteiger partial charge < -0.3 is 4.74 Å². The highest BCUT2D eigenvalue weighted by atomic mass is 35.5. The van der Waals surface area contributed by atoms with Gasteiger partial charge in [-0.15, -0.1) is 0 Å². The summed E-state index contributed by atoms with van der Waals surface area (Å²) in [5.41, 5.74) is 1.70. The fraction of sp³-hybridized carbons (Fsp3) is 0. The Kier molecular flexibility index (Phi) is 5.21. The van der Waals surface area contributed by atoms with Crippen LogP contribution < -0.4 is 4.74 Å².